The molecule has 150 valence electrons. The van der Waals surface area contributed by atoms with E-state index in [0.717, 1.165) is 32.1 Å². The second-order valence-corrected chi connectivity index (χ2v) is 8.37. The van der Waals surface area contributed by atoms with E-state index in [0.29, 0.717) is 23.0 Å². The van der Waals surface area contributed by atoms with Gasteiger partial charge in [-0.3, -0.25) is 4.79 Å². The molecule has 2 atom stereocenters. The number of nitrogens with two attached hydrogens (primary N) is 1. The van der Waals surface area contributed by atoms with Crippen molar-refractivity contribution in [1.82, 2.24) is 4.90 Å². The molecule has 5 heteroatoms. The fourth-order valence-corrected chi connectivity index (χ4v) is 4.50. The number of halogens is 2. The molecule has 0 fully saturated rings. The van der Waals surface area contributed by atoms with Crippen molar-refractivity contribution in [3.63, 3.8) is 0 Å². The average Bonchev–Trinajstić information content (AvgIpc) is 2.72. The second-order valence-electron chi connectivity index (χ2n) is 7.55. The van der Waals surface area contributed by atoms with Gasteiger partial charge in [0.05, 0.1) is 16.1 Å². The summed E-state index contributed by atoms with van der Waals surface area (Å²) in [6.45, 7) is 0.691. The molecule has 2 aromatic rings. The predicted octanol–water partition coefficient (Wildman–Crippen LogP) is 5.94. The van der Waals surface area contributed by atoms with Crippen LogP contribution in [0.4, 0.5) is 0 Å². The SMILES string of the molecule is CN(C(=O)CCCCCN)[C@H]1CC[C@@H](c2ccc(Cl)c(Cl)c2)c2ccccc21. The van der Waals surface area contributed by atoms with Crippen molar-refractivity contribution >= 4 is 29.1 Å². The molecule has 1 aliphatic carbocycles. The van der Waals surface area contributed by atoms with Crippen molar-refractivity contribution in [2.45, 2.75) is 50.5 Å². The van der Waals surface area contributed by atoms with E-state index >= 15 is 0 Å². The Balaban J connectivity index is 1.80. The summed E-state index contributed by atoms with van der Waals surface area (Å²) in [5.74, 6) is 0.486. The highest BCUT2D eigenvalue weighted by molar-refractivity contribution is 6.42. The fourth-order valence-electron chi connectivity index (χ4n) is 4.19. The molecule has 0 aromatic heterocycles. The molecule has 0 aliphatic heterocycles. The van der Waals surface area contributed by atoms with Crippen molar-refractivity contribution in [3.8, 4) is 0 Å². The second kappa shape index (κ2) is 9.78. The van der Waals surface area contributed by atoms with Crippen molar-refractivity contribution in [2.75, 3.05) is 13.6 Å². The molecule has 1 amide bonds. The normalized spacial score (nSPS) is 18.6. The summed E-state index contributed by atoms with van der Waals surface area (Å²) in [5.41, 5.74) is 9.24. The average molecular weight is 419 g/mol. The Morgan fingerprint density at radius 3 is 2.50 bits per heavy atom. The lowest BCUT2D eigenvalue weighted by molar-refractivity contribution is -0.132. The van der Waals surface area contributed by atoms with Gasteiger partial charge in [-0.2, -0.15) is 0 Å². The van der Waals surface area contributed by atoms with Crippen LogP contribution in [0.1, 0.15) is 67.2 Å². The first-order valence-electron chi connectivity index (χ1n) is 10.0. The summed E-state index contributed by atoms with van der Waals surface area (Å²) in [6.07, 6.45) is 5.40. The Bertz CT molecular complexity index is 824. The number of benzene rings is 2. The van der Waals surface area contributed by atoms with E-state index in [4.69, 9.17) is 28.9 Å². The van der Waals surface area contributed by atoms with Crippen LogP contribution < -0.4 is 5.73 Å². The summed E-state index contributed by atoms with van der Waals surface area (Å²) < 4.78 is 0. The number of amides is 1. The Labute approximate surface area is 177 Å². The zero-order valence-corrected chi connectivity index (χ0v) is 17.8. The van der Waals surface area contributed by atoms with Crippen molar-refractivity contribution in [2.24, 2.45) is 5.73 Å². The van der Waals surface area contributed by atoms with Gasteiger partial charge in [-0.1, -0.05) is 60.0 Å². The maximum Gasteiger partial charge on any atom is 0.222 e. The molecule has 0 saturated carbocycles. The first-order valence-corrected chi connectivity index (χ1v) is 10.8. The highest BCUT2D eigenvalue weighted by Gasteiger charge is 2.31. The van der Waals surface area contributed by atoms with Gasteiger partial charge in [0.1, 0.15) is 0 Å². The third-order valence-electron chi connectivity index (χ3n) is 5.76. The van der Waals surface area contributed by atoms with Crippen molar-refractivity contribution in [1.29, 1.82) is 0 Å². The molecule has 3 rings (SSSR count). The summed E-state index contributed by atoms with van der Waals surface area (Å²) >= 11 is 12.4. The van der Waals surface area contributed by atoms with E-state index in [1.165, 1.54) is 16.7 Å². The van der Waals surface area contributed by atoms with Crippen LogP contribution in [-0.4, -0.2) is 24.4 Å². The number of rotatable bonds is 7. The molecular formula is C23H28Cl2N2O. The number of nitrogens with zero attached hydrogens (tertiary/aromatic N) is 1. The minimum Gasteiger partial charge on any atom is -0.339 e. The van der Waals surface area contributed by atoms with Gasteiger partial charge in [-0.25, -0.2) is 0 Å². The number of carbonyl (C=O) groups is 1. The maximum absolute atomic E-state index is 12.7. The van der Waals surface area contributed by atoms with Gasteiger partial charge >= 0.3 is 0 Å². The van der Waals surface area contributed by atoms with Gasteiger partial charge in [0.25, 0.3) is 0 Å². The quantitative estimate of drug-likeness (QED) is 0.565. The largest absolute Gasteiger partial charge is 0.339 e. The molecule has 0 spiro atoms. The van der Waals surface area contributed by atoms with Crippen LogP contribution in [0.25, 0.3) is 0 Å². The molecule has 2 N–H and O–H groups in total. The number of carbonyl (C=O) groups excluding carboxylic acids is 1. The Kier molecular flexibility index (Phi) is 7.39. The van der Waals surface area contributed by atoms with Crippen LogP contribution in [0.15, 0.2) is 42.5 Å². The van der Waals surface area contributed by atoms with E-state index < -0.39 is 0 Å². The summed E-state index contributed by atoms with van der Waals surface area (Å²) in [6, 6.07) is 14.5. The van der Waals surface area contributed by atoms with Crippen molar-refractivity contribution in [3.05, 3.63) is 69.2 Å². The van der Waals surface area contributed by atoms with Gasteiger partial charge in [0.15, 0.2) is 0 Å². The third kappa shape index (κ3) is 4.71. The molecule has 2 aromatic carbocycles. The van der Waals surface area contributed by atoms with E-state index in [1.807, 2.05) is 24.1 Å². The van der Waals surface area contributed by atoms with E-state index in [2.05, 4.69) is 30.3 Å². The van der Waals surface area contributed by atoms with Crippen LogP contribution in [0, 0.1) is 0 Å². The van der Waals surface area contributed by atoms with Crippen molar-refractivity contribution < 1.29 is 4.79 Å². The number of fused-ring (bicyclic) bond motifs is 1. The monoisotopic (exact) mass is 418 g/mol. The third-order valence-corrected chi connectivity index (χ3v) is 6.50. The van der Waals surface area contributed by atoms with Gasteiger partial charge in [0, 0.05) is 19.4 Å². The molecule has 0 unspecified atom stereocenters. The Morgan fingerprint density at radius 2 is 1.79 bits per heavy atom. The van der Waals surface area contributed by atoms with Crippen LogP contribution in [0.3, 0.4) is 0 Å². The van der Waals surface area contributed by atoms with Gasteiger partial charge < -0.3 is 10.6 Å². The standard InChI is InChI=1S/C23H28Cl2N2O/c1-27(23(28)9-3-2-6-14-26)22-13-11-17(18-7-4-5-8-19(18)22)16-10-12-20(24)21(25)15-16/h4-5,7-8,10,12,15,17,22H,2-3,6,9,11,13-14,26H2,1H3/t17-,22-/m0/s1. The molecule has 3 nitrogen and oxygen atoms in total. The first-order chi connectivity index (χ1) is 13.5. The van der Waals surface area contributed by atoms with Crippen LogP contribution in [-0.2, 0) is 4.79 Å². The number of hydrogen-bond donors (Lipinski definition) is 1. The molecule has 0 bridgehead atoms. The minimum absolute atomic E-state index is 0.122. The highest BCUT2D eigenvalue weighted by Crippen LogP contribution is 2.44. The smallest absolute Gasteiger partial charge is 0.222 e. The van der Waals surface area contributed by atoms with Gasteiger partial charge in [-0.05, 0) is 61.1 Å². The van der Waals surface area contributed by atoms with Gasteiger partial charge in [-0.15, -0.1) is 0 Å². The first kappa shape index (κ1) is 21.2. The summed E-state index contributed by atoms with van der Waals surface area (Å²) in [4.78, 5) is 14.6. The molecule has 0 heterocycles. The number of hydrogen-bond acceptors (Lipinski definition) is 2. The molecule has 1 aliphatic rings. The maximum atomic E-state index is 12.7. The lowest BCUT2D eigenvalue weighted by Crippen LogP contribution is -2.34. The molecule has 0 saturated heterocycles. The lowest BCUT2D eigenvalue weighted by Gasteiger charge is -2.37. The molecule has 0 radical (unpaired) electrons. The Morgan fingerprint density at radius 1 is 1.04 bits per heavy atom. The molecular weight excluding hydrogens is 391 g/mol. The minimum atomic E-state index is 0.122. The summed E-state index contributed by atoms with van der Waals surface area (Å²) in [7, 11) is 1.94. The van der Waals surface area contributed by atoms with Crippen LogP contribution >= 0.6 is 23.2 Å². The highest BCUT2D eigenvalue weighted by atomic mass is 35.5. The number of unbranched alkanes of at least 4 members (excludes halogenated alkanes) is 2. The topological polar surface area (TPSA) is 46.3 Å². The zero-order chi connectivity index (χ0) is 20.1. The zero-order valence-electron chi connectivity index (χ0n) is 16.3. The Hall–Kier alpha value is -1.55. The molecule has 28 heavy (non-hydrogen) atoms. The van der Waals surface area contributed by atoms with E-state index in [1.54, 1.807) is 0 Å². The predicted molar refractivity (Wildman–Crippen MR) is 117 cm³/mol. The van der Waals surface area contributed by atoms with Crippen LogP contribution in [0.2, 0.25) is 10.0 Å². The summed E-state index contributed by atoms with van der Waals surface area (Å²) in [5, 5.41) is 1.16. The lowest BCUT2D eigenvalue weighted by atomic mass is 9.76. The van der Waals surface area contributed by atoms with Gasteiger partial charge in [0.2, 0.25) is 5.91 Å². The fraction of sp³-hybridized carbons (Fsp3) is 0.435. The van der Waals surface area contributed by atoms with E-state index in [9.17, 15) is 4.79 Å². The van der Waals surface area contributed by atoms with Crippen LogP contribution in [0.5, 0.6) is 0 Å². The van der Waals surface area contributed by atoms with E-state index in [-0.39, 0.29) is 17.9 Å².